The van der Waals surface area contributed by atoms with Crippen LogP contribution in [-0.4, -0.2) is 4.98 Å². The molecule has 1 rings (SSSR count). The van der Waals surface area contributed by atoms with Crippen molar-refractivity contribution in [1.29, 1.82) is 0 Å². The highest BCUT2D eigenvalue weighted by Gasteiger charge is 1.81. The molecule has 8 heavy (non-hydrogen) atoms. The average molecular weight is 109 g/mol. The highest BCUT2D eigenvalue weighted by molar-refractivity contribution is 5.10. The molecule has 1 nitrogen and oxygen atoms in total. The minimum Gasteiger partial charge on any atom is -0.261 e. The monoisotopic (exact) mass is 109 g/mol. The van der Waals surface area contributed by atoms with Crippen molar-refractivity contribution in [2.75, 3.05) is 0 Å². The summed E-state index contributed by atoms with van der Waals surface area (Å²) in [6, 6.07) is 4.07. The van der Waals surface area contributed by atoms with Crippen LogP contribution in [0.5, 0.6) is 0 Å². The van der Waals surface area contributed by atoms with E-state index in [-0.39, 0.29) is 1.43 Å². The summed E-state index contributed by atoms with van der Waals surface area (Å²) < 4.78 is 0. The molecule has 1 heterocycles. The van der Waals surface area contributed by atoms with Crippen molar-refractivity contribution in [1.82, 2.24) is 4.98 Å². The van der Waals surface area contributed by atoms with Crippen molar-refractivity contribution in [3.05, 3.63) is 29.6 Å². The SMILES string of the molecule is Cc1ccc(C)nc1.[HH]. The van der Waals surface area contributed by atoms with Crippen LogP contribution in [0.15, 0.2) is 18.3 Å². The molecular formula is C7H11N. The summed E-state index contributed by atoms with van der Waals surface area (Å²) in [7, 11) is 0. The summed E-state index contributed by atoms with van der Waals surface area (Å²) in [4.78, 5) is 4.08. The van der Waals surface area contributed by atoms with Gasteiger partial charge in [-0.1, -0.05) is 6.07 Å². The smallest absolute Gasteiger partial charge is 0.0372 e. The van der Waals surface area contributed by atoms with E-state index < -0.39 is 0 Å². The maximum atomic E-state index is 4.08. The predicted molar refractivity (Wildman–Crippen MR) is 35.8 cm³/mol. The summed E-state index contributed by atoms with van der Waals surface area (Å²) in [5, 5.41) is 0. The Hall–Kier alpha value is -0.850. The number of hydrogen-bond donors (Lipinski definition) is 0. The maximum absolute atomic E-state index is 4.08. The van der Waals surface area contributed by atoms with E-state index in [9.17, 15) is 0 Å². The van der Waals surface area contributed by atoms with Crippen molar-refractivity contribution in [2.45, 2.75) is 13.8 Å². The molecule has 1 aromatic rings. The lowest BCUT2D eigenvalue weighted by Gasteiger charge is -1.89. The largest absolute Gasteiger partial charge is 0.261 e. The van der Waals surface area contributed by atoms with Crippen LogP contribution in [0, 0.1) is 13.8 Å². The van der Waals surface area contributed by atoms with E-state index in [1.54, 1.807) is 0 Å². The van der Waals surface area contributed by atoms with Gasteiger partial charge in [-0.05, 0) is 25.5 Å². The van der Waals surface area contributed by atoms with E-state index in [0.29, 0.717) is 0 Å². The standard InChI is InChI=1S/C7H9N.H2/c1-6-3-4-7(2)8-5-6;/h3-5H,1-2H3;1H. The lowest BCUT2D eigenvalue weighted by molar-refractivity contribution is 1.17. The van der Waals surface area contributed by atoms with Crippen LogP contribution < -0.4 is 0 Å². The van der Waals surface area contributed by atoms with Gasteiger partial charge in [0.05, 0.1) is 0 Å². The van der Waals surface area contributed by atoms with Gasteiger partial charge in [0.25, 0.3) is 0 Å². The summed E-state index contributed by atoms with van der Waals surface area (Å²) >= 11 is 0. The third-order valence-corrected chi connectivity index (χ3v) is 1.06. The van der Waals surface area contributed by atoms with Crippen LogP contribution in [0.1, 0.15) is 12.7 Å². The zero-order chi connectivity index (χ0) is 5.98. The molecule has 0 saturated carbocycles. The van der Waals surface area contributed by atoms with Crippen LogP contribution >= 0.6 is 0 Å². The zero-order valence-electron chi connectivity index (χ0n) is 5.18. The molecule has 0 aromatic carbocycles. The highest BCUT2D eigenvalue weighted by Crippen LogP contribution is 1.94. The van der Waals surface area contributed by atoms with E-state index in [0.717, 1.165) is 5.69 Å². The van der Waals surface area contributed by atoms with Gasteiger partial charge in [0, 0.05) is 13.3 Å². The normalized spacial score (nSPS) is 9.25. The second-order valence-electron chi connectivity index (χ2n) is 1.98. The number of nitrogens with zero attached hydrogens (tertiary/aromatic N) is 1. The molecule has 44 valence electrons. The molecule has 0 radical (unpaired) electrons. The van der Waals surface area contributed by atoms with E-state index >= 15 is 0 Å². The first-order chi connectivity index (χ1) is 3.79. The molecule has 0 unspecified atom stereocenters. The summed E-state index contributed by atoms with van der Waals surface area (Å²) in [5.41, 5.74) is 2.30. The molecule has 0 amide bonds. The predicted octanol–water partition coefficient (Wildman–Crippen LogP) is 1.94. The average Bonchev–Trinajstić information content (AvgIpc) is 1.77. The highest BCUT2D eigenvalue weighted by atomic mass is 14.6. The molecule has 0 bridgehead atoms. The Balaban J connectivity index is 0.000000640. The van der Waals surface area contributed by atoms with E-state index in [1.807, 2.05) is 26.1 Å². The van der Waals surface area contributed by atoms with Crippen molar-refractivity contribution < 1.29 is 1.43 Å². The molecule has 0 spiro atoms. The first-order valence-electron chi connectivity index (χ1n) is 2.68. The van der Waals surface area contributed by atoms with Gasteiger partial charge in [-0.2, -0.15) is 0 Å². The van der Waals surface area contributed by atoms with Gasteiger partial charge >= 0.3 is 0 Å². The molecule has 0 aliphatic carbocycles. The Morgan fingerprint density at radius 1 is 1.38 bits per heavy atom. The quantitative estimate of drug-likeness (QED) is 0.496. The van der Waals surface area contributed by atoms with E-state index in [1.165, 1.54) is 5.56 Å². The molecule has 0 N–H and O–H groups in total. The number of rotatable bonds is 0. The molecular weight excluding hydrogens is 98.1 g/mol. The lowest BCUT2D eigenvalue weighted by atomic mass is 10.3. The van der Waals surface area contributed by atoms with Crippen LogP contribution in [0.3, 0.4) is 0 Å². The van der Waals surface area contributed by atoms with Gasteiger partial charge in [-0.15, -0.1) is 0 Å². The molecule has 0 atom stereocenters. The number of aryl methyl sites for hydroxylation is 2. The van der Waals surface area contributed by atoms with Crippen molar-refractivity contribution >= 4 is 0 Å². The molecule has 1 aromatic heterocycles. The topological polar surface area (TPSA) is 12.9 Å². The maximum Gasteiger partial charge on any atom is 0.0372 e. The Morgan fingerprint density at radius 2 is 2.12 bits per heavy atom. The second-order valence-corrected chi connectivity index (χ2v) is 1.98. The van der Waals surface area contributed by atoms with Crippen molar-refractivity contribution in [3.8, 4) is 0 Å². The van der Waals surface area contributed by atoms with Crippen LogP contribution in [0.2, 0.25) is 0 Å². The van der Waals surface area contributed by atoms with E-state index in [4.69, 9.17) is 0 Å². The molecule has 1 heteroatoms. The molecule has 0 fully saturated rings. The minimum atomic E-state index is 0. The zero-order valence-corrected chi connectivity index (χ0v) is 5.18. The molecule has 0 aliphatic rings. The van der Waals surface area contributed by atoms with Gasteiger partial charge in [-0.3, -0.25) is 4.98 Å². The number of pyridine rings is 1. The minimum absolute atomic E-state index is 0. The summed E-state index contributed by atoms with van der Waals surface area (Å²) in [6.45, 7) is 4.02. The summed E-state index contributed by atoms with van der Waals surface area (Å²) in [5.74, 6) is 0. The van der Waals surface area contributed by atoms with Crippen molar-refractivity contribution in [3.63, 3.8) is 0 Å². The fourth-order valence-corrected chi connectivity index (χ4v) is 0.542. The van der Waals surface area contributed by atoms with Crippen LogP contribution in [0.25, 0.3) is 0 Å². The second kappa shape index (κ2) is 1.95. The Bertz CT molecular complexity index is 148. The summed E-state index contributed by atoms with van der Waals surface area (Å²) in [6.07, 6.45) is 1.87. The number of aromatic nitrogens is 1. The van der Waals surface area contributed by atoms with Crippen LogP contribution in [-0.2, 0) is 0 Å². The van der Waals surface area contributed by atoms with Gasteiger partial charge in [0.2, 0.25) is 0 Å². The Labute approximate surface area is 50.9 Å². The Kier molecular flexibility index (Phi) is 1.29. The van der Waals surface area contributed by atoms with Gasteiger partial charge < -0.3 is 0 Å². The Morgan fingerprint density at radius 3 is 2.50 bits per heavy atom. The fourth-order valence-electron chi connectivity index (χ4n) is 0.542. The van der Waals surface area contributed by atoms with Crippen LogP contribution in [0.4, 0.5) is 0 Å². The third-order valence-electron chi connectivity index (χ3n) is 1.06. The molecule has 0 aliphatic heterocycles. The van der Waals surface area contributed by atoms with Crippen molar-refractivity contribution in [2.24, 2.45) is 0 Å². The van der Waals surface area contributed by atoms with Gasteiger partial charge in [-0.25, -0.2) is 0 Å². The lowest BCUT2D eigenvalue weighted by Crippen LogP contribution is -1.78. The fraction of sp³-hybridized carbons (Fsp3) is 0.286. The van der Waals surface area contributed by atoms with E-state index in [2.05, 4.69) is 11.1 Å². The third kappa shape index (κ3) is 1.06. The molecule has 0 saturated heterocycles. The van der Waals surface area contributed by atoms with Gasteiger partial charge in [0.1, 0.15) is 0 Å². The number of hydrogen-bond acceptors (Lipinski definition) is 1. The first kappa shape index (κ1) is 5.29. The first-order valence-corrected chi connectivity index (χ1v) is 2.68. The van der Waals surface area contributed by atoms with Gasteiger partial charge in [0.15, 0.2) is 0 Å².